The van der Waals surface area contributed by atoms with Gasteiger partial charge in [0.2, 0.25) is 21.9 Å². The number of rotatable bonds is 8. The van der Waals surface area contributed by atoms with Gasteiger partial charge < -0.3 is 14.6 Å². The number of methoxy groups -OCH3 is 2. The second-order valence-corrected chi connectivity index (χ2v) is 9.09. The van der Waals surface area contributed by atoms with Gasteiger partial charge in [-0.2, -0.15) is 5.26 Å². The summed E-state index contributed by atoms with van der Waals surface area (Å²) in [5, 5.41) is 27.6. The Bertz CT molecular complexity index is 1590. The van der Waals surface area contributed by atoms with Crippen LogP contribution in [0.25, 0.3) is 11.4 Å². The van der Waals surface area contributed by atoms with Crippen LogP contribution < -0.4 is 9.46 Å². The van der Waals surface area contributed by atoms with Gasteiger partial charge in [0, 0.05) is 18.3 Å². The predicted octanol–water partition coefficient (Wildman–Crippen LogP) is 1.94. The Hall–Kier alpha value is -4.88. The zero-order valence-electron chi connectivity index (χ0n) is 19.1. The molecule has 1 aromatic carbocycles. The number of nitriles is 1. The van der Waals surface area contributed by atoms with Crippen LogP contribution in [0.5, 0.6) is 11.5 Å². The number of phenols is 1. The number of nitrogens with zero attached hydrogens (tertiary/aromatic N) is 6. The maximum atomic E-state index is 12.9. The fourth-order valence-electron chi connectivity index (χ4n) is 3.23. The number of ether oxygens (including phenoxy) is 2. The molecule has 0 saturated carbocycles. The number of aromatic hydroxyl groups is 1. The fraction of sp³-hybridized carbons (Fsp3) is 0.174. The summed E-state index contributed by atoms with van der Waals surface area (Å²) in [6.45, 7) is 0. The van der Waals surface area contributed by atoms with Gasteiger partial charge in [-0.15, -0.1) is 10.2 Å². The largest absolute Gasteiger partial charge is 0.506 e. The topological polar surface area (TPSA) is 165 Å². The van der Waals surface area contributed by atoms with Crippen molar-refractivity contribution in [2.24, 2.45) is 4.99 Å². The zero-order chi connectivity index (χ0) is 25.7. The molecule has 3 heterocycles. The van der Waals surface area contributed by atoms with Crippen LogP contribution >= 0.6 is 0 Å². The Labute approximate surface area is 206 Å². The van der Waals surface area contributed by atoms with Crippen molar-refractivity contribution < 1.29 is 23.0 Å². The van der Waals surface area contributed by atoms with Crippen molar-refractivity contribution >= 4 is 27.6 Å². The zero-order valence-corrected chi connectivity index (χ0v) is 19.9. The van der Waals surface area contributed by atoms with Gasteiger partial charge in [-0.25, -0.2) is 13.4 Å². The lowest BCUT2D eigenvalue weighted by atomic mass is 10.2. The molecule has 36 heavy (non-hydrogen) atoms. The highest BCUT2D eigenvalue weighted by Gasteiger charge is 2.26. The molecule has 0 radical (unpaired) electrons. The Morgan fingerprint density at radius 2 is 2.03 bits per heavy atom. The van der Waals surface area contributed by atoms with Crippen LogP contribution in [-0.4, -0.2) is 59.1 Å². The summed E-state index contributed by atoms with van der Waals surface area (Å²) in [6.07, 6.45) is 2.92. The lowest BCUT2D eigenvalue weighted by molar-refractivity contribution is 0.404. The van der Waals surface area contributed by atoms with E-state index in [4.69, 9.17) is 14.7 Å². The molecule has 1 aliphatic rings. The monoisotopic (exact) mass is 505 g/mol. The summed E-state index contributed by atoms with van der Waals surface area (Å²) >= 11 is 0. The molecular formula is C23H19N7O5S. The average molecular weight is 506 g/mol. The summed E-state index contributed by atoms with van der Waals surface area (Å²) in [5.41, 5.74) is 6.63. The quantitative estimate of drug-likeness (QED) is 0.435. The molecule has 0 fully saturated rings. The fourth-order valence-corrected chi connectivity index (χ4v) is 4.22. The minimum atomic E-state index is -3.96. The smallest absolute Gasteiger partial charge is 0.243 e. The van der Waals surface area contributed by atoms with Crippen LogP contribution in [0.15, 0.2) is 59.1 Å². The lowest BCUT2D eigenvalue weighted by Crippen LogP contribution is -2.21. The van der Waals surface area contributed by atoms with E-state index in [0.29, 0.717) is 11.3 Å². The normalized spacial score (nSPS) is 12.5. The third-order valence-electron chi connectivity index (χ3n) is 4.94. The number of benzene rings is 1. The number of hydrogen-bond donors (Lipinski definition) is 2. The number of phenolic OH excluding ortho intramolecular Hbond substituents is 1. The molecular weight excluding hydrogens is 486 g/mol. The summed E-state index contributed by atoms with van der Waals surface area (Å²) in [5.74, 6) is -0.259. The van der Waals surface area contributed by atoms with Crippen molar-refractivity contribution in [1.29, 1.82) is 5.26 Å². The molecule has 182 valence electrons. The summed E-state index contributed by atoms with van der Waals surface area (Å²) < 4.78 is 40.1. The maximum absolute atomic E-state index is 12.9. The highest BCUT2D eigenvalue weighted by molar-refractivity contribution is 7.92. The van der Waals surface area contributed by atoms with Gasteiger partial charge >= 0.3 is 0 Å². The van der Waals surface area contributed by atoms with Gasteiger partial charge in [-0.3, -0.25) is 14.3 Å². The molecule has 3 aromatic rings. The molecule has 2 N–H and O–H groups in total. The Morgan fingerprint density at radius 1 is 1.19 bits per heavy atom. The van der Waals surface area contributed by atoms with Crippen LogP contribution in [0.3, 0.4) is 0 Å². The highest BCUT2D eigenvalue weighted by Crippen LogP contribution is 2.36. The molecule has 0 unspecified atom stereocenters. The summed E-state index contributed by atoms with van der Waals surface area (Å²) in [7, 11) is -1.12. The average Bonchev–Trinajstić information content (AvgIpc) is 3.29. The molecule has 2 aromatic heterocycles. The number of hydrogen-bond acceptors (Lipinski definition) is 10. The van der Waals surface area contributed by atoms with E-state index in [1.54, 1.807) is 24.3 Å². The van der Waals surface area contributed by atoms with Crippen molar-refractivity contribution in [3.05, 3.63) is 71.1 Å². The van der Waals surface area contributed by atoms with E-state index in [2.05, 4.69) is 36.4 Å². The van der Waals surface area contributed by atoms with E-state index in [9.17, 15) is 13.5 Å². The van der Waals surface area contributed by atoms with Crippen molar-refractivity contribution in [1.82, 2.24) is 19.7 Å². The van der Waals surface area contributed by atoms with E-state index in [0.717, 1.165) is 0 Å². The highest BCUT2D eigenvalue weighted by atomic mass is 32.2. The summed E-state index contributed by atoms with van der Waals surface area (Å²) in [6, 6.07) is 9.67. The molecule has 12 nitrogen and oxygen atoms in total. The number of aryl methyl sites for hydroxylation is 1. The van der Waals surface area contributed by atoms with Gasteiger partial charge in [0.05, 0.1) is 31.6 Å². The standard InChI is InChI=1S/C23H19N7O5S/c1-34-19-7-4-6-18(31)21(19)30-22(17-5-3-8-20(26-17)35-2)27-28-23(30)29-36(32,33)12-11-16-10-9-15(13-24)14-25-16/h4,6-10,14,31H,11-12H2,1-2H3,(H,28,29). The third kappa shape index (κ3) is 5.11. The Balaban J connectivity index is 1.74. The van der Waals surface area contributed by atoms with Gasteiger partial charge in [-0.1, -0.05) is 11.8 Å². The molecule has 0 atom stereocenters. The first-order valence-electron chi connectivity index (χ1n) is 10.4. The summed E-state index contributed by atoms with van der Waals surface area (Å²) in [4.78, 5) is 8.36. The van der Waals surface area contributed by atoms with Gasteiger partial charge in [0.1, 0.15) is 23.3 Å². The first kappa shape index (κ1) is 24.3. The molecule has 0 spiro atoms. The maximum Gasteiger partial charge on any atom is 0.243 e. The van der Waals surface area contributed by atoms with Crippen molar-refractivity contribution in [2.45, 2.75) is 6.42 Å². The van der Waals surface area contributed by atoms with Crippen LogP contribution in [0.2, 0.25) is 0 Å². The molecule has 1 aliphatic heterocycles. The third-order valence-corrected chi connectivity index (χ3v) is 6.18. The van der Waals surface area contributed by atoms with Gasteiger partial charge in [0.15, 0.2) is 11.5 Å². The number of aliphatic imine (C=N–C) groups is 1. The van der Waals surface area contributed by atoms with E-state index in [1.165, 1.54) is 37.1 Å². The first-order valence-corrected chi connectivity index (χ1v) is 12.0. The molecule has 13 heteroatoms. The number of aromatic nitrogens is 4. The van der Waals surface area contributed by atoms with E-state index in [-0.39, 0.29) is 52.7 Å². The minimum Gasteiger partial charge on any atom is -0.506 e. The molecule has 0 amide bonds. The second kappa shape index (κ2) is 10.2. The second-order valence-electron chi connectivity index (χ2n) is 7.25. The number of anilines is 1. The Kier molecular flexibility index (Phi) is 6.85. The van der Waals surface area contributed by atoms with Gasteiger partial charge in [0.25, 0.3) is 0 Å². The van der Waals surface area contributed by atoms with Crippen LogP contribution in [0.4, 0.5) is 5.95 Å². The Morgan fingerprint density at radius 3 is 2.72 bits per heavy atom. The van der Waals surface area contributed by atoms with Gasteiger partial charge in [-0.05, 0) is 30.0 Å². The number of pyridine rings is 1. The molecule has 0 aliphatic carbocycles. The van der Waals surface area contributed by atoms with E-state index in [1.807, 2.05) is 6.07 Å². The lowest BCUT2D eigenvalue weighted by Gasteiger charge is -2.16. The first-order chi connectivity index (χ1) is 17.3. The number of sulfonamides is 1. The predicted molar refractivity (Wildman–Crippen MR) is 129 cm³/mol. The number of nitrogens with one attached hydrogen (secondary N) is 1. The van der Waals surface area contributed by atoms with E-state index >= 15 is 0 Å². The van der Waals surface area contributed by atoms with Crippen LogP contribution in [-0.2, 0) is 21.2 Å². The SMILES string of the molecule is COC1=NC(c2nnc(NS(=O)(=O)CCc3ccc(C#N)cn3)n2-c2c(O)cccc2OC)=C=C=C1. The van der Waals surface area contributed by atoms with E-state index < -0.39 is 10.0 Å². The number of para-hydroxylation sites is 1. The minimum absolute atomic E-state index is 0.0522. The van der Waals surface area contributed by atoms with Crippen LogP contribution in [0.1, 0.15) is 17.1 Å². The van der Waals surface area contributed by atoms with Crippen molar-refractivity contribution in [3.8, 4) is 23.3 Å². The van der Waals surface area contributed by atoms with Crippen molar-refractivity contribution in [2.75, 3.05) is 24.7 Å². The van der Waals surface area contributed by atoms with Crippen molar-refractivity contribution in [3.63, 3.8) is 0 Å². The molecule has 4 rings (SSSR count). The molecule has 0 bridgehead atoms. The molecule has 0 saturated heterocycles. The van der Waals surface area contributed by atoms with Crippen LogP contribution in [0, 0.1) is 11.3 Å².